The van der Waals surface area contributed by atoms with Crippen LogP contribution in [0.25, 0.3) is 11.5 Å². The van der Waals surface area contributed by atoms with Crippen molar-refractivity contribution in [2.75, 3.05) is 7.11 Å². The number of aromatic hydroxyl groups is 1. The van der Waals surface area contributed by atoms with Gasteiger partial charge in [-0.15, -0.1) is 0 Å². The number of nitrogens with zero attached hydrogens (tertiary/aromatic N) is 2. The van der Waals surface area contributed by atoms with Crippen molar-refractivity contribution in [3.05, 3.63) is 28.0 Å². The normalized spacial score (nSPS) is 16.9. The Morgan fingerprint density at radius 1 is 1.35 bits per heavy atom. The highest BCUT2D eigenvalue weighted by Crippen LogP contribution is 2.44. The largest absolute Gasteiger partial charge is 0.506 e. The molecule has 0 saturated heterocycles. The molecule has 1 fully saturated rings. The third-order valence-electron chi connectivity index (χ3n) is 3.64. The average molecular weight is 315 g/mol. The summed E-state index contributed by atoms with van der Waals surface area (Å²) in [7, 11) is 1.63. The van der Waals surface area contributed by atoms with Crippen molar-refractivity contribution in [3.8, 4) is 17.2 Å². The summed E-state index contributed by atoms with van der Waals surface area (Å²) in [5, 5.41) is 14.4. The summed E-state index contributed by atoms with van der Waals surface area (Å²) in [4.78, 5) is 4.31. The molecule has 0 spiro atoms. The van der Waals surface area contributed by atoms with Gasteiger partial charge in [-0.1, -0.05) is 28.4 Å². The van der Waals surface area contributed by atoms with Crippen molar-refractivity contribution >= 4 is 23.2 Å². The van der Waals surface area contributed by atoms with Gasteiger partial charge >= 0.3 is 0 Å². The molecular formula is C13H12Cl2N2O3. The zero-order valence-corrected chi connectivity index (χ0v) is 12.2. The van der Waals surface area contributed by atoms with E-state index in [2.05, 4.69) is 10.1 Å². The molecule has 0 bridgehead atoms. The Balaban J connectivity index is 2.02. The molecule has 0 unspecified atom stereocenters. The smallest absolute Gasteiger partial charge is 0.261 e. The van der Waals surface area contributed by atoms with Crippen molar-refractivity contribution in [1.29, 1.82) is 0 Å². The molecule has 106 valence electrons. The van der Waals surface area contributed by atoms with Gasteiger partial charge in [0, 0.05) is 12.1 Å². The molecule has 2 aromatic rings. The summed E-state index contributed by atoms with van der Waals surface area (Å²) < 4.78 is 10.7. The van der Waals surface area contributed by atoms with Crippen molar-refractivity contribution in [1.82, 2.24) is 10.1 Å². The number of aromatic nitrogens is 2. The van der Waals surface area contributed by atoms with Crippen LogP contribution in [0.1, 0.15) is 25.1 Å². The quantitative estimate of drug-likeness (QED) is 0.933. The van der Waals surface area contributed by atoms with Gasteiger partial charge in [0.05, 0.1) is 10.6 Å². The van der Waals surface area contributed by atoms with E-state index < -0.39 is 5.60 Å². The first kappa shape index (κ1) is 13.7. The topological polar surface area (TPSA) is 68.4 Å². The van der Waals surface area contributed by atoms with Crippen molar-refractivity contribution in [3.63, 3.8) is 0 Å². The van der Waals surface area contributed by atoms with Crippen LogP contribution in [0.5, 0.6) is 5.75 Å². The molecule has 7 heteroatoms. The summed E-state index contributed by atoms with van der Waals surface area (Å²) in [5.74, 6) is 0.522. The number of methoxy groups -OCH3 is 1. The molecule has 1 aromatic carbocycles. The van der Waals surface area contributed by atoms with Gasteiger partial charge in [0.15, 0.2) is 0 Å². The van der Waals surface area contributed by atoms with Gasteiger partial charge in [0.1, 0.15) is 11.4 Å². The molecule has 5 nitrogen and oxygen atoms in total. The summed E-state index contributed by atoms with van der Waals surface area (Å²) >= 11 is 11.8. The summed E-state index contributed by atoms with van der Waals surface area (Å²) in [5.41, 5.74) is -0.161. The summed E-state index contributed by atoms with van der Waals surface area (Å²) in [6.45, 7) is 0. The van der Waals surface area contributed by atoms with Gasteiger partial charge in [-0.3, -0.25) is 0 Å². The van der Waals surface area contributed by atoms with E-state index in [1.807, 2.05) is 0 Å². The number of ether oxygens (including phenoxy) is 1. The molecule has 1 aromatic heterocycles. The third kappa shape index (κ3) is 2.06. The monoisotopic (exact) mass is 314 g/mol. The molecule has 1 aliphatic rings. The van der Waals surface area contributed by atoms with Gasteiger partial charge in [-0.2, -0.15) is 4.98 Å². The zero-order chi connectivity index (χ0) is 14.3. The molecule has 1 heterocycles. The Labute approximate surface area is 125 Å². The summed E-state index contributed by atoms with van der Waals surface area (Å²) in [6.07, 6.45) is 2.77. The third-order valence-corrected chi connectivity index (χ3v) is 4.15. The predicted molar refractivity (Wildman–Crippen MR) is 74.0 cm³/mol. The van der Waals surface area contributed by atoms with E-state index in [4.69, 9.17) is 32.5 Å². The van der Waals surface area contributed by atoms with Crippen LogP contribution in [0.15, 0.2) is 16.7 Å². The fourth-order valence-corrected chi connectivity index (χ4v) is 2.76. The first-order valence-electron chi connectivity index (χ1n) is 6.13. The van der Waals surface area contributed by atoms with Crippen LogP contribution in [0, 0.1) is 0 Å². The number of benzene rings is 1. The fourth-order valence-electron chi connectivity index (χ4n) is 2.26. The van der Waals surface area contributed by atoms with Crippen LogP contribution in [-0.4, -0.2) is 22.4 Å². The van der Waals surface area contributed by atoms with Crippen LogP contribution < -0.4 is 0 Å². The lowest BCUT2D eigenvalue weighted by Crippen LogP contribution is -2.37. The van der Waals surface area contributed by atoms with Crippen LogP contribution in [0.2, 0.25) is 10.0 Å². The molecule has 20 heavy (non-hydrogen) atoms. The maximum absolute atomic E-state index is 9.97. The lowest BCUT2D eigenvalue weighted by molar-refractivity contribution is -0.0858. The van der Waals surface area contributed by atoms with Gasteiger partial charge in [0.25, 0.3) is 5.89 Å². The summed E-state index contributed by atoms with van der Waals surface area (Å²) in [6, 6.07) is 2.97. The molecule has 0 aliphatic heterocycles. The lowest BCUT2D eigenvalue weighted by Gasteiger charge is -2.37. The minimum atomic E-state index is -0.472. The highest BCUT2D eigenvalue weighted by molar-refractivity contribution is 6.36. The molecule has 0 amide bonds. The zero-order valence-electron chi connectivity index (χ0n) is 10.7. The highest BCUT2D eigenvalue weighted by Gasteiger charge is 2.43. The van der Waals surface area contributed by atoms with E-state index in [1.165, 1.54) is 12.1 Å². The number of phenolic OH excluding ortho intramolecular Hbond substituents is 1. The minimum absolute atomic E-state index is 0.133. The van der Waals surface area contributed by atoms with Crippen LogP contribution >= 0.6 is 23.2 Å². The van der Waals surface area contributed by atoms with Gasteiger partial charge < -0.3 is 14.4 Å². The van der Waals surface area contributed by atoms with Crippen LogP contribution in [0.4, 0.5) is 0 Å². The Bertz CT molecular complexity index is 648. The number of phenols is 1. The predicted octanol–water partition coefficient (Wildman–Crippen LogP) is 3.77. The number of hydrogen-bond acceptors (Lipinski definition) is 5. The van der Waals surface area contributed by atoms with Gasteiger partial charge in [-0.05, 0) is 31.4 Å². The number of rotatable bonds is 3. The molecule has 1 N–H and O–H groups in total. The molecular weight excluding hydrogens is 303 g/mol. The second kappa shape index (κ2) is 4.91. The highest BCUT2D eigenvalue weighted by atomic mass is 35.5. The Morgan fingerprint density at radius 2 is 2.10 bits per heavy atom. The van der Waals surface area contributed by atoms with Gasteiger partial charge in [-0.25, -0.2) is 0 Å². The fraction of sp³-hybridized carbons (Fsp3) is 0.385. The molecule has 1 saturated carbocycles. The standard InChI is InChI=1S/C13H12Cl2N2O3/c1-19-13(3-2-4-13)12-16-11(20-17-12)8-5-7(14)6-9(15)10(8)18/h5-6,18H,2-4H2,1H3. The van der Waals surface area contributed by atoms with E-state index >= 15 is 0 Å². The first-order chi connectivity index (χ1) is 9.55. The molecule has 1 aliphatic carbocycles. The first-order valence-corrected chi connectivity index (χ1v) is 6.89. The number of hydrogen-bond donors (Lipinski definition) is 1. The SMILES string of the molecule is COC1(c2noc(-c3cc(Cl)cc(Cl)c3O)n2)CCC1. The number of halogens is 2. The second-order valence-corrected chi connectivity index (χ2v) is 5.60. The molecule has 3 rings (SSSR count). The van der Waals surface area contributed by atoms with Crippen molar-refractivity contribution in [2.24, 2.45) is 0 Å². The maximum Gasteiger partial charge on any atom is 0.261 e. The minimum Gasteiger partial charge on any atom is -0.506 e. The Hall–Kier alpha value is -1.30. The Morgan fingerprint density at radius 3 is 2.70 bits per heavy atom. The van der Waals surface area contributed by atoms with Crippen LogP contribution in [0.3, 0.4) is 0 Å². The molecule has 0 radical (unpaired) electrons. The van der Waals surface area contributed by atoms with E-state index in [9.17, 15) is 5.11 Å². The lowest BCUT2D eigenvalue weighted by atomic mass is 9.79. The van der Waals surface area contributed by atoms with E-state index in [-0.39, 0.29) is 16.7 Å². The van der Waals surface area contributed by atoms with E-state index in [0.29, 0.717) is 16.4 Å². The van der Waals surface area contributed by atoms with Gasteiger partial charge in [0.2, 0.25) is 5.82 Å². The average Bonchev–Trinajstić information content (AvgIpc) is 2.83. The second-order valence-electron chi connectivity index (χ2n) is 4.76. The molecule has 0 atom stereocenters. The van der Waals surface area contributed by atoms with E-state index in [0.717, 1.165) is 19.3 Å². The van der Waals surface area contributed by atoms with Crippen molar-refractivity contribution < 1.29 is 14.4 Å². The van der Waals surface area contributed by atoms with Crippen molar-refractivity contribution in [2.45, 2.75) is 24.9 Å². The van der Waals surface area contributed by atoms with Crippen LogP contribution in [-0.2, 0) is 10.3 Å². The van der Waals surface area contributed by atoms with E-state index in [1.54, 1.807) is 7.11 Å². The maximum atomic E-state index is 9.97. The Kier molecular flexibility index (Phi) is 3.36.